The summed E-state index contributed by atoms with van der Waals surface area (Å²) in [6.45, 7) is 1.92. The summed E-state index contributed by atoms with van der Waals surface area (Å²) in [5.41, 5.74) is 1.54. The van der Waals surface area contributed by atoms with Crippen molar-refractivity contribution in [1.82, 2.24) is 19.5 Å². The Bertz CT molecular complexity index is 1010. The van der Waals surface area contributed by atoms with E-state index in [1.54, 1.807) is 6.33 Å². The van der Waals surface area contributed by atoms with Gasteiger partial charge in [-0.25, -0.2) is 19.3 Å². The van der Waals surface area contributed by atoms with E-state index in [9.17, 15) is 9.18 Å². The topological polar surface area (TPSA) is 73.1 Å². The Kier molecular flexibility index (Phi) is 3.99. The SMILES string of the molecule is O=C1OC(Cn2cnc3ccccc32)CC12CCN(c1ncc(F)cn1)CC2. The summed E-state index contributed by atoms with van der Waals surface area (Å²) in [5, 5.41) is 0. The van der Waals surface area contributed by atoms with Crippen LogP contribution in [0.5, 0.6) is 0 Å². The van der Waals surface area contributed by atoms with Crippen LogP contribution < -0.4 is 4.90 Å². The van der Waals surface area contributed by atoms with Crippen molar-refractivity contribution < 1.29 is 13.9 Å². The first kappa shape index (κ1) is 17.1. The Morgan fingerprint density at radius 3 is 2.68 bits per heavy atom. The van der Waals surface area contributed by atoms with Crippen LogP contribution >= 0.6 is 0 Å². The van der Waals surface area contributed by atoms with Gasteiger partial charge in [-0.15, -0.1) is 0 Å². The minimum Gasteiger partial charge on any atom is -0.460 e. The van der Waals surface area contributed by atoms with Crippen LogP contribution in [0.2, 0.25) is 0 Å². The first-order chi connectivity index (χ1) is 13.6. The molecule has 0 amide bonds. The molecule has 0 radical (unpaired) electrons. The Morgan fingerprint density at radius 1 is 1.14 bits per heavy atom. The molecule has 2 aliphatic heterocycles. The molecular weight excluding hydrogens is 361 g/mol. The van der Waals surface area contributed by atoms with Gasteiger partial charge in [0, 0.05) is 19.5 Å². The number of cyclic esters (lactones) is 1. The van der Waals surface area contributed by atoms with Gasteiger partial charge >= 0.3 is 5.97 Å². The monoisotopic (exact) mass is 381 g/mol. The minimum absolute atomic E-state index is 0.110. The van der Waals surface area contributed by atoms with Crippen molar-refractivity contribution in [2.45, 2.75) is 31.9 Å². The summed E-state index contributed by atoms with van der Waals surface area (Å²) in [4.78, 5) is 27.2. The summed E-state index contributed by atoms with van der Waals surface area (Å²) < 4.78 is 20.8. The third kappa shape index (κ3) is 2.89. The van der Waals surface area contributed by atoms with Gasteiger partial charge in [0.25, 0.3) is 0 Å². The average Bonchev–Trinajstić information content (AvgIpc) is 3.25. The largest absolute Gasteiger partial charge is 0.460 e. The Hall–Kier alpha value is -3.03. The van der Waals surface area contributed by atoms with E-state index in [0.29, 0.717) is 44.8 Å². The fraction of sp³-hybridized carbons (Fsp3) is 0.400. The maximum Gasteiger partial charge on any atom is 0.312 e. The van der Waals surface area contributed by atoms with Gasteiger partial charge in [-0.1, -0.05) is 12.1 Å². The number of nitrogens with zero attached hydrogens (tertiary/aromatic N) is 5. The number of hydrogen-bond acceptors (Lipinski definition) is 6. The molecule has 2 fully saturated rings. The lowest BCUT2D eigenvalue weighted by Crippen LogP contribution is -2.43. The number of benzene rings is 1. The van der Waals surface area contributed by atoms with Gasteiger partial charge < -0.3 is 14.2 Å². The summed E-state index contributed by atoms with van der Waals surface area (Å²) in [7, 11) is 0. The number of esters is 1. The van der Waals surface area contributed by atoms with E-state index in [1.165, 1.54) is 12.4 Å². The number of rotatable bonds is 3. The number of hydrogen-bond donors (Lipinski definition) is 0. The van der Waals surface area contributed by atoms with Crippen molar-refractivity contribution in [3.8, 4) is 0 Å². The van der Waals surface area contributed by atoms with Crippen molar-refractivity contribution >= 4 is 23.0 Å². The number of carbonyl (C=O) groups is 1. The second-order valence-electron chi connectivity index (χ2n) is 7.59. The van der Waals surface area contributed by atoms with E-state index < -0.39 is 11.2 Å². The number of ether oxygens (including phenoxy) is 1. The zero-order chi connectivity index (χ0) is 19.1. The van der Waals surface area contributed by atoms with Gasteiger partial charge in [0.2, 0.25) is 5.95 Å². The third-order valence-corrected chi connectivity index (χ3v) is 5.86. The molecule has 7 nitrogen and oxygen atoms in total. The quantitative estimate of drug-likeness (QED) is 0.650. The highest BCUT2D eigenvalue weighted by atomic mass is 19.1. The number of fused-ring (bicyclic) bond motifs is 1. The summed E-state index contributed by atoms with van der Waals surface area (Å²) in [5.74, 6) is -0.0582. The highest BCUT2D eigenvalue weighted by molar-refractivity contribution is 5.79. The van der Waals surface area contributed by atoms with Crippen LogP contribution in [0.4, 0.5) is 10.3 Å². The lowest BCUT2D eigenvalue weighted by atomic mass is 9.76. The number of carbonyl (C=O) groups excluding carboxylic acids is 1. The molecule has 2 aromatic heterocycles. The molecule has 1 spiro atoms. The van der Waals surface area contributed by atoms with Gasteiger partial charge in [-0.05, 0) is 25.0 Å². The highest BCUT2D eigenvalue weighted by Gasteiger charge is 2.50. The maximum absolute atomic E-state index is 13.0. The molecule has 0 aliphatic carbocycles. The van der Waals surface area contributed by atoms with Crippen LogP contribution in [0, 0.1) is 11.2 Å². The van der Waals surface area contributed by atoms with Crippen molar-refractivity contribution in [2.24, 2.45) is 5.41 Å². The smallest absolute Gasteiger partial charge is 0.312 e. The van der Waals surface area contributed by atoms with Gasteiger partial charge in [0.05, 0.1) is 41.7 Å². The number of para-hydroxylation sites is 2. The Labute approximate surface area is 161 Å². The number of anilines is 1. The predicted molar refractivity (Wildman–Crippen MR) is 100 cm³/mol. The molecule has 28 heavy (non-hydrogen) atoms. The van der Waals surface area contributed by atoms with Crippen LogP contribution in [0.15, 0.2) is 43.0 Å². The molecule has 1 atom stereocenters. The lowest BCUT2D eigenvalue weighted by Gasteiger charge is -2.36. The first-order valence-corrected chi connectivity index (χ1v) is 9.46. The number of aromatic nitrogens is 4. The highest BCUT2D eigenvalue weighted by Crippen LogP contribution is 2.44. The van der Waals surface area contributed by atoms with Crippen LogP contribution in [0.25, 0.3) is 11.0 Å². The van der Waals surface area contributed by atoms with Crippen molar-refractivity contribution in [3.63, 3.8) is 0 Å². The van der Waals surface area contributed by atoms with Gasteiger partial charge in [-0.3, -0.25) is 4.79 Å². The molecule has 1 unspecified atom stereocenters. The van der Waals surface area contributed by atoms with Gasteiger partial charge in [0.1, 0.15) is 6.10 Å². The molecule has 1 aromatic carbocycles. The Morgan fingerprint density at radius 2 is 1.89 bits per heavy atom. The number of piperidine rings is 1. The fourth-order valence-electron chi connectivity index (χ4n) is 4.33. The molecule has 144 valence electrons. The molecule has 2 saturated heterocycles. The summed E-state index contributed by atoms with van der Waals surface area (Å²) in [6.07, 6.45) is 6.07. The van der Waals surface area contributed by atoms with Crippen LogP contribution in [0.3, 0.4) is 0 Å². The average molecular weight is 381 g/mol. The van der Waals surface area contributed by atoms with Crippen molar-refractivity contribution in [2.75, 3.05) is 18.0 Å². The molecular formula is C20H20FN5O2. The number of imidazole rings is 1. The van der Waals surface area contributed by atoms with E-state index in [4.69, 9.17) is 4.74 Å². The predicted octanol–water partition coefficient (Wildman–Crippen LogP) is 2.57. The fourth-order valence-corrected chi connectivity index (χ4v) is 4.33. The zero-order valence-electron chi connectivity index (χ0n) is 15.3. The van der Waals surface area contributed by atoms with Crippen molar-refractivity contribution in [3.05, 3.63) is 48.8 Å². The van der Waals surface area contributed by atoms with E-state index in [2.05, 4.69) is 15.0 Å². The standard InChI is InChI=1S/C20H20FN5O2/c21-14-10-22-19(23-11-14)25-7-5-20(6-8-25)9-15(28-18(20)27)12-26-13-24-16-3-1-2-4-17(16)26/h1-4,10-11,13,15H,5-9,12H2. The second kappa shape index (κ2) is 6.54. The Balaban J connectivity index is 1.27. The van der Waals surface area contributed by atoms with Crippen LogP contribution in [0.1, 0.15) is 19.3 Å². The maximum atomic E-state index is 13.0. The lowest BCUT2D eigenvalue weighted by molar-refractivity contribution is -0.150. The van der Waals surface area contributed by atoms with Crippen molar-refractivity contribution in [1.29, 1.82) is 0 Å². The summed E-state index contributed by atoms with van der Waals surface area (Å²) >= 11 is 0. The molecule has 0 saturated carbocycles. The van der Waals surface area contributed by atoms with E-state index in [0.717, 1.165) is 11.0 Å². The van der Waals surface area contributed by atoms with E-state index >= 15 is 0 Å². The molecule has 5 rings (SSSR count). The number of halogens is 1. The van der Waals surface area contributed by atoms with Crippen LogP contribution in [-0.2, 0) is 16.1 Å². The van der Waals surface area contributed by atoms with E-state index in [-0.39, 0.29) is 12.1 Å². The van der Waals surface area contributed by atoms with Gasteiger partial charge in [-0.2, -0.15) is 0 Å². The molecule has 0 N–H and O–H groups in total. The zero-order valence-corrected chi connectivity index (χ0v) is 15.3. The molecule has 0 bridgehead atoms. The molecule has 4 heterocycles. The van der Waals surface area contributed by atoms with Crippen LogP contribution in [-0.4, -0.2) is 44.7 Å². The van der Waals surface area contributed by atoms with E-state index in [1.807, 2.05) is 33.7 Å². The summed E-state index contributed by atoms with van der Waals surface area (Å²) in [6, 6.07) is 7.94. The molecule has 3 aromatic rings. The minimum atomic E-state index is -0.452. The third-order valence-electron chi connectivity index (χ3n) is 5.86. The first-order valence-electron chi connectivity index (χ1n) is 9.46. The molecule has 2 aliphatic rings. The van der Waals surface area contributed by atoms with Gasteiger partial charge in [0.15, 0.2) is 5.82 Å². The normalized spacial score (nSPS) is 21.4. The second-order valence-corrected chi connectivity index (χ2v) is 7.59. The molecule has 8 heteroatoms.